The second kappa shape index (κ2) is 7.08. The number of nitrogens with one attached hydrogen (secondary N) is 2. The third-order valence-corrected chi connectivity index (χ3v) is 3.53. The lowest BCUT2D eigenvalue weighted by atomic mass is 10.3. The molecule has 9 heteroatoms. The minimum Gasteiger partial charge on any atom is -0.493 e. The minimum atomic E-state index is -3.91. The van der Waals surface area contributed by atoms with Crippen LogP contribution in [0.3, 0.4) is 0 Å². The molecule has 1 amide bonds. The van der Waals surface area contributed by atoms with Gasteiger partial charge in [-0.05, 0) is 12.1 Å². The van der Waals surface area contributed by atoms with Crippen LogP contribution in [0.2, 0.25) is 0 Å². The number of methoxy groups -OCH3 is 2. The third kappa shape index (κ3) is 4.08. The SMILES string of the molecule is CNC(=O)CONS(=O)(=O)c1ccc(OC)c(OC)c1. The zero-order valence-corrected chi connectivity index (χ0v) is 12.1. The molecule has 0 aromatic heterocycles. The lowest BCUT2D eigenvalue weighted by Crippen LogP contribution is -2.31. The van der Waals surface area contributed by atoms with Gasteiger partial charge in [0.05, 0.1) is 19.1 Å². The molecule has 0 radical (unpaired) electrons. The fourth-order valence-corrected chi connectivity index (χ4v) is 2.10. The number of hydrogen-bond acceptors (Lipinski definition) is 6. The van der Waals surface area contributed by atoms with Crippen molar-refractivity contribution in [1.82, 2.24) is 10.2 Å². The van der Waals surface area contributed by atoms with E-state index in [9.17, 15) is 13.2 Å². The Bertz CT molecular complexity index is 572. The first-order chi connectivity index (χ1) is 9.44. The number of ether oxygens (including phenoxy) is 2. The first kappa shape index (κ1) is 16.2. The molecule has 0 aliphatic rings. The summed E-state index contributed by atoms with van der Waals surface area (Å²) in [5.74, 6) is 0.208. The van der Waals surface area contributed by atoms with Crippen molar-refractivity contribution in [2.24, 2.45) is 0 Å². The van der Waals surface area contributed by atoms with Crippen molar-refractivity contribution in [3.63, 3.8) is 0 Å². The summed E-state index contributed by atoms with van der Waals surface area (Å²) in [5, 5.41) is 2.29. The summed E-state index contributed by atoms with van der Waals surface area (Å²) in [6.07, 6.45) is 0. The number of sulfonamides is 1. The molecule has 0 unspecified atom stereocenters. The molecule has 0 bridgehead atoms. The van der Waals surface area contributed by atoms with E-state index in [1.165, 1.54) is 39.5 Å². The molecule has 8 nitrogen and oxygen atoms in total. The van der Waals surface area contributed by atoms with Crippen LogP contribution in [0.25, 0.3) is 0 Å². The van der Waals surface area contributed by atoms with Crippen molar-refractivity contribution in [2.45, 2.75) is 4.90 Å². The fraction of sp³-hybridized carbons (Fsp3) is 0.364. The molecule has 0 aliphatic carbocycles. The molecule has 1 aromatic rings. The predicted molar refractivity (Wildman–Crippen MR) is 69.9 cm³/mol. The maximum atomic E-state index is 11.9. The van der Waals surface area contributed by atoms with Crippen molar-refractivity contribution in [1.29, 1.82) is 0 Å². The first-order valence-electron chi connectivity index (χ1n) is 5.50. The zero-order chi connectivity index (χ0) is 15.2. The van der Waals surface area contributed by atoms with Gasteiger partial charge in [-0.2, -0.15) is 0 Å². The highest BCUT2D eigenvalue weighted by molar-refractivity contribution is 7.89. The van der Waals surface area contributed by atoms with Gasteiger partial charge in [0.25, 0.3) is 10.0 Å². The molecule has 0 fully saturated rings. The van der Waals surface area contributed by atoms with E-state index in [0.29, 0.717) is 5.75 Å². The largest absolute Gasteiger partial charge is 0.493 e. The number of benzene rings is 1. The van der Waals surface area contributed by atoms with Crippen LogP contribution in [-0.2, 0) is 19.7 Å². The Hall–Kier alpha value is -1.84. The predicted octanol–water partition coefficient (Wildman–Crippen LogP) is -0.340. The summed E-state index contributed by atoms with van der Waals surface area (Å²) in [6.45, 7) is -0.428. The lowest BCUT2D eigenvalue weighted by molar-refractivity contribution is -0.126. The maximum Gasteiger partial charge on any atom is 0.262 e. The van der Waals surface area contributed by atoms with Crippen LogP contribution in [0.1, 0.15) is 0 Å². The minimum absolute atomic E-state index is 0.0768. The molecule has 0 saturated carbocycles. The standard InChI is InChI=1S/C11H16N2O6S/c1-12-11(14)7-19-13-20(15,16)8-4-5-9(17-2)10(6-8)18-3/h4-6,13H,7H2,1-3H3,(H,12,14). The van der Waals surface area contributed by atoms with E-state index in [0.717, 1.165) is 0 Å². The summed E-state index contributed by atoms with van der Waals surface area (Å²) in [5.41, 5.74) is 0. The van der Waals surface area contributed by atoms with E-state index in [4.69, 9.17) is 9.47 Å². The maximum absolute atomic E-state index is 11.9. The van der Waals surface area contributed by atoms with Crippen LogP contribution in [0.15, 0.2) is 23.1 Å². The second-order valence-electron chi connectivity index (χ2n) is 3.57. The van der Waals surface area contributed by atoms with E-state index in [-0.39, 0.29) is 10.6 Å². The fourth-order valence-electron chi connectivity index (χ4n) is 1.28. The molecular formula is C11H16N2O6S. The number of carbonyl (C=O) groups excluding carboxylic acids is 1. The molecule has 2 N–H and O–H groups in total. The number of hydrogen-bond donors (Lipinski definition) is 2. The molecule has 1 rings (SSSR count). The van der Waals surface area contributed by atoms with E-state index in [1.807, 2.05) is 4.89 Å². The molecule has 0 heterocycles. The second-order valence-corrected chi connectivity index (χ2v) is 5.21. The summed E-state index contributed by atoms with van der Waals surface area (Å²) in [7, 11) is 0.336. The van der Waals surface area contributed by atoms with E-state index in [1.54, 1.807) is 0 Å². The molecule has 0 spiro atoms. The van der Waals surface area contributed by atoms with Gasteiger partial charge in [-0.15, -0.1) is 0 Å². The average Bonchev–Trinajstić information content (AvgIpc) is 2.45. The Kier molecular flexibility index (Phi) is 5.74. The van der Waals surface area contributed by atoms with Gasteiger partial charge in [0.2, 0.25) is 5.91 Å². The quantitative estimate of drug-likeness (QED) is 0.668. The summed E-state index contributed by atoms with van der Waals surface area (Å²) < 4.78 is 33.8. The van der Waals surface area contributed by atoms with Gasteiger partial charge in [0.1, 0.15) is 6.61 Å². The number of carbonyl (C=O) groups is 1. The van der Waals surface area contributed by atoms with Gasteiger partial charge < -0.3 is 14.8 Å². The van der Waals surface area contributed by atoms with Gasteiger partial charge in [-0.3, -0.25) is 9.63 Å². The van der Waals surface area contributed by atoms with Crippen LogP contribution >= 0.6 is 0 Å². The normalized spacial score (nSPS) is 10.9. The van der Waals surface area contributed by atoms with Crippen molar-refractivity contribution < 1.29 is 27.5 Å². The highest BCUT2D eigenvalue weighted by Gasteiger charge is 2.17. The van der Waals surface area contributed by atoms with Crippen LogP contribution in [0.5, 0.6) is 11.5 Å². The smallest absolute Gasteiger partial charge is 0.262 e. The first-order valence-corrected chi connectivity index (χ1v) is 6.99. The van der Waals surface area contributed by atoms with Gasteiger partial charge >= 0.3 is 0 Å². The Morgan fingerprint density at radius 1 is 1.20 bits per heavy atom. The Labute approximate surface area is 117 Å². The van der Waals surface area contributed by atoms with Crippen molar-refractivity contribution in [3.8, 4) is 11.5 Å². The molecule has 0 atom stereocenters. The monoisotopic (exact) mass is 304 g/mol. The van der Waals surface area contributed by atoms with Crippen LogP contribution < -0.4 is 19.7 Å². The third-order valence-electron chi connectivity index (χ3n) is 2.32. The highest BCUT2D eigenvalue weighted by Crippen LogP contribution is 2.29. The molecule has 112 valence electrons. The van der Waals surface area contributed by atoms with Gasteiger partial charge in [0, 0.05) is 13.1 Å². The van der Waals surface area contributed by atoms with Crippen LogP contribution in [0, 0.1) is 0 Å². The van der Waals surface area contributed by atoms with Crippen molar-refractivity contribution in [3.05, 3.63) is 18.2 Å². The molecule has 0 aliphatic heterocycles. The molecule has 20 heavy (non-hydrogen) atoms. The highest BCUT2D eigenvalue weighted by atomic mass is 32.2. The number of rotatable bonds is 7. The van der Waals surface area contributed by atoms with Crippen LogP contribution in [0.4, 0.5) is 0 Å². The van der Waals surface area contributed by atoms with E-state index >= 15 is 0 Å². The van der Waals surface area contributed by atoms with E-state index < -0.39 is 22.5 Å². The molecular weight excluding hydrogens is 288 g/mol. The van der Waals surface area contributed by atoms with Gasteiger partial charge in [-0.1, -0.05) is 4.89 Å². The van der Waals surface area contributed by atoms with Gasteiger partial charge in [-0.25, -0.2) is 8.42 Å². The Balaban J connectivity index is 2.84. The summed E-state index contributed by atoms with van der Waals surface area (Å²) >= 11 is 0. The Morgan fingerprint density at radius 3 is 2.40 bits per heavy atom. The van der Waals surface area contributed by atoms with E-state index in [2.05, 4.69) is 10.2 Å². The zero-order valence-electron chi connectivity index (χ0n) is 11.3. The number of likely N-dealkylation sites (N-methyl/N-ethyl adjacent to an activating group) is 1. The average molecular weight is 304 g/mol. The number of amides is 1. The lowest BCUT2D eigenvalue weighted by Gasteiger charge is -2.10. The summed E-state index contributed by atoms with van der Waals surface area (Å²) in [4.78, 5) is 17.3. The van der Waals surface area contributed by atoms with Crippen molar-refractivity contribution in [2.75, 3.05) is 27.9 Å². The molecule has 0 saturated heterocycles. The molecule has 1 aromatic carbocycles. The van der Waals surface area contributed by atoms with Gasteiger partial charge in [0.15, 0.2) is 11.5 Å². The Morgan fingerprint density at radius 2 is 1.85 bits per heavy atom. The topological polar surface area (TPSA) is 103 Å². The van der Waals surface area contributed by atoms with Crippen LogP contribution in [-0.4, -0.2) is 42.2 Å². The van der Waals surface area contributed by atoms with Crippen molar-refractivity contribution >= 4 is 15.9 Å². The summed E-state index contributed by atoms with van der Waals surface area (Å²) in [6, 6.07) is 4.06.